The van der Waals surface area contributed by atoms with Gasteiger partial charge in [0.25, 0.3) is 0 Å². The van der Waals surface area contributed by atoms with E-state index < -0.39 is 0 Å². The van der Waals surface area contributed by atoms with E-state index in [9.17, 15) is 4.79 Å². The van der Waals surface area contributed by atoms with Gasteiger partial charge < -0.3 is 4.79 Å². The van der Waals surface area contributed by atoms with Gasteiger partial charge in [0.2, 0.25) is 0 Å². The monoisotopic (exact) mass is 210 g/mol. The summed E-state index contributed by atoms with van der Waals surface area (Å²) in [6.45, 7) is 8.74. The van der Waals surface area contributed by atoms with Crippen molar-refractivity contribution in [3.8, 4) is 0 Å². The molecule has 2 atom stereocenters. The Morgan fingerprint density at radius 3 is 2.67 bits per heavy atom. The van der Waals surface area contributed by atoms with Gasteiger partial charge in [-0.2, -0.15) is 0 Å². The van der Waals surface area contributed by atoms with Gasteiger partial charge in [-0.05, 0) is 19.8 Å². The smallest absolute Gasteiger partial charge is 0.124 e. The SMILES string of the molecule is CC(C=O)CN1CCN(C2CC2)CC1C. The van der Waals surface area contributed by atoms with Crippen LogP contribution in [0.15, 0.2) is 0 Å². The number of hydrogen-bond donors (Lipinski definition) is 0. The minimum absolute atomic E-state index is 0.180. The molecule has 2 unspecified atom stereocenters. The Morgan fingerprint density at radius 1 is 1.40 bits per heavy atom. The van der Waals surface area contributed by atoms with Crippen molar-refractivity contribution in [2.75, 3.05) is 26.2 Å². The highest BCUT2D eigenvalue weighted by Crippen LogP contribution is 2.28. The topological polar surface area (TPSA) is 23.6 Å². The van der Waals surface area contributed by atoms with Gasteiger partial charge >= 0.3 is 0 Å². The average Bonchev–Trinajstić information content (AvgIpc) is 3.04. The van der Waals surface area contributed by atoms with Crippen LogP contribution in [0.5, 0.6) is 0 Å². The van der Waals surface area contributed by atoms with Crippen LogP contribution in [0.3, 0.4) is 0 Å². The normalized spacial score (nSPS) is 31.5. The van der Waals surface area contributed by atoms with E-state index in [1.165, 1.54) is 25.9 Å². The van der Waals surface area contributed by atoms with Crippen molar-refractivity contribution in [2.45, 2.75) is 38.8 Å². The number of piperazine rings is 1. The molecule has 2 rings (SSSR count). The van der Waals surface area contributed by atoms with Crippen molar-refractivity contribution in [1.29, 1.82) is 0 Å². The van der Waals surface area contributed by atoms with E-state index in [0.29, 0.717) is 6.04 Å². The van der Waals surface area contributed by atoms with E-state index >= 15 is 0 Å². The van der Waals surface area contributed by atoms with Crippen LogP contribution in [-0.2, 0) is 4.79 Å². The van der Waals surface area contributed by atoms with E-state index in [4.69, 9.17) is 0 Å². The molecular weight excluding hydrogens is 188 g/mol. The minimum atomic E-state index is 0.180. The van der Waals surface area contributed by atoms with Gasteiger partial charge in [-0.1, -0.05) is 6.92 Å². The average molecular weight is 210 g/mol. The van der Waals surface area contributed by atoms with Crippen molar-refractivity contribution < 1.29 is 4.79 Å². The standard InChI is InChI=1S/C12H22N2O/c1-10(9-15)7-13-5-6-14(8-11(13)2)12-3-4-12/h9-12H,3-8H2,1-2H3. The zero-order valence-corrected chi connectivity index (χ0v) is 9.85. The Balaban J connectivity index is 1.80. The summed E-state index contributed by atoms with van der Waals surface area (Å²) < 4.78 is 0. The van der Waals surface area contributed by atoms with E-state index in [2.05, 4.69) is 16.7 Å². The summed E-state index contributed by atoms with van der Waals surface area (Å²) in [5.74, 6) is 0.180. The Hall–Kier alpha value is -0.410. The molecule has 1 aliphatic carbocycles. The van der Waals surface area contributed by atoms with Gasteiger partial charge in [-0.3, -0.25) is 9.80 Å². The highest BCUT2D eigenvalue weighted by molar-refractivity contribution is 5.53. The van der Waals surface area contributed by atoms with Crippen LogP contribution in [0.1, 0.15) is 26.7 Å². The zero-order valence-electron chi connectivity index (χ0n) is 9.85. The fourth-order valence-electron chi connectivity index (χ4n) is 2.48. The van der Waals surface area contributed by atoms with Gasteiger partial charge in [0.1, 0.15) is 6.29 Å². The lowest BCUT2D eigenvalue weighted by atomic mass is 10.1. The lowest BCUT2D eigenvalue weighted by Crippen LogP contribution is -2.53. The molecule has 1 heterocycles. The molecule has 1 aliphatic heterocycles. The molecule has 2 aliphatic rings. The third kappa shape index (κ3) is 2.79. The number of rotatable bonds is 4. The molecule has 0 N–H and O–H groups in total. The first-order chi connectivity index (χ1) is 7.20. The van der Waals surface area contributed by atoms with Crippen molar-refractivity contribution in [2.24, 2.45) is 5.92 Å². The molecular formula is C12H22N2O. The van der Waals surface area contributed by atoms with Crippen LogP contribution in [-0.4, -0.2) is 54.3 Å². The number of hydrogen-bond acceptors (Lipinski definition) is 3. The summed E-state index contributed by atoms with van der Waals surface area (Å²) in [6.07, 6.45) is 3.87. The number of aldehydes is 1. The highest BCUT2D eigenvalue weighted by atomic mass is 16.1. The van der Waals surface area contributed by atoms with Gasteiger partial charge in [-0.15, -0.1) is 0 Å². The largest absolute Gasteiger partial charge is 0.303 e. The third-order valence-electron chi connectivity index (χ3n) is 3.61. The summed E-state index contributed by atoms with van der Waals surface area (Å²) in [6, 6.07) is 1.50. The Labute approximate surface area is 92.4 Å². The third-order valence-corrected chi connectivity index (χ3v) is 3.61. The first kappa shape index (κ1) is 11.1. The molecule has 0 amide bonds. The van der Waals surface area contributed by atoms with E-state index in [0.717, 1.165) is 25.4 Å². The quantitative estimate of drug-likeness (QED) is 0.647. The summed E-state index contributed by atoms with van der Waals surface area (Å²) in [5.41, 5.74) is 0. The molecule has 0 aromatic carbocycles. The predicted molar refractivity (Wildman–Crippen MR) is 60.9 cm³/mol. The summed E-state index contributed by atoms with van der Waals surface area (Å²) in [5, 5.41) is 0. The fourth-order valence-corrected chi connectivity index (χ4v) is 2.48. The predicted octanol–water partition coefficient (Wildman–Crippen LogP) is 0.990. The molecule has 0 radical (unpaired) electrons. The van der Waals surface area contributed by atoms with E-state index in [1.54, 1.807) is 0 Å². The minimum Gasteiger partial charge on any atom is -0.303 e. The second-order valence-corrected chi connectivity index (χ2v) is 5.18. The number of nitrogens with zero attached hydrogens (tertiary/aromatic N) is 2. The van der Waals surface area contributed by atoms with Gasteiger partial charge in [-0.25, -0.2) is 0 Å². The highest BCUT2D eigenvalue weighted by Gasteiger charge is 2.33. The van der Waals surface area contributed by atoms with Crippen LogP contribution >= 0.6 is 0 Å². The molecule has 0 bridgehead atoms. The lowest BCUT2D eigenvalue weighted by molar-refractivity contribution is -0.111. The summed E-state index contributed by atoms with van der Waals surface area (Å²) in [4.78, 5) is 15.7. The fraction of sp³-hybridized carbons (Fsp3) is 0.917. The Morgan fingerprint density at radius 2 is 2.13 bits per heavy atom. The lowest BCUT2D eigenvalue weighted by Gasteiger charge is -2.40. The first-order valence-electron chi connectivity index (χ1n) is 6.14. The zero-order chi connectivity index (χ0) is 10.8. The van der Waals surface area contributed by atoms with E-state index in [1.807, 2.05) is 6.92 Å². The molecule has 2 fully saturated rings. The molecule has 0 spiro atoms. The second-order valence-electron chi connectivity index (χ2n) is 5.18. The molecule has 15 heavy (non-hydrogen) atoms. The van der Waals surface area contributed by atoms with Gasteiger partial charge in [0.05, 0.1) is 0 Å². The van der Waals surface area contributed by atoms with Crippen molar-refractivity contribution in [3.63, 3.8) is 0 Å². The summed E-state index contributed by atoms with van der Waals surface area (Å²) in [7, 11) is 0. The molecule has 0 aromatic rings. The number of carbonyl (C=O) groups excluding carboxylic acids is 1. The van der Waals surface area contributed by atoms with Crippen LogP contribution in [0.25, 0.3) is 0 Å². The van der Waals surface area contributed by atoms with Crippen molar-refractivity contribution in [1.82, 2.24) is 9.80 Å². The van der Waals surface area contributed by atoms with E-state index in [-0.39, 0.29) is 5.92 Å². The maximum atomic E-state index is 10.6. The molecule has 0 aromatic heterocycles. The molecule has 1 saturated carbocycles. The molecule has 3 heteroatoms. The number of carbonyl (C=O) groups is 1. The van der Waals surface area contributed by atoms with Crippen LogP contribution < -0.4 is 0 Å². The molecule has 1 saturated heterocycles. The molecule has 3 nitrogen and oxygen atoms in total. The maximum Gasteiger partial charge on any atom is 0.124 e. The summed E-state index contributed by atoms with van der Waals surface area (Å²) >= 11 is 0. The first-order valence-corrected chi connectivity index (χ1v) is 6.14. The Bertz CT molecular complexity index is 228. The van der Waals surface area contributed by atoms with Crippen molar-refractivity contribution >= 4 is 6.29 Å². The second kappa shape index (κ2) is 4.62. The van der Waals surface area contributed by atoms with Crippen LogP contribution in [0, 0.1) is 5.92 Å². The van der Waals surface area contributed by atoms with Crippen LogP contribution in [0.4, 0.5) is 0 Å². The van der Waals surface area contributed by atoms with Crippen molar-refractivity contribution in [3.05, 3.63) is 0 Å². The van der Waals surface area contributed by atoms with Gasteiger partial charge in [0, 0.05) is 44.2 Å². The maximum absolute atomic E-state index is 10.6. The molecule has 86 valence electrons. The van der Waals surface area contributed by atoms with Gasteiger partial charge in [0.15, 0.2) is 0 Å². The Kier molecular flexibility index (Phi) is 3.42. The van der Waals surface area contributed by atoms with Crippen LogP contribution in [0.2, 0.25) is 0 Å².